The van der Waals surface area contributed by atoms with Crippen LogP contribution < -0.4 is 10.1 Å². The number of amides is 1. The van der Waals surface area contributed by atoms with Crippen LogP contribution in [-0.2, 0) is 14.3 Å². The number of unbranched alkanes of at least 4 members (excludes halogenated alkanes) is 1. The molecular weight excluding hydrogens is 434 g/mol. The highest BCUT2D eigenvalue weighted by Gasteiger charge is 2.38. The van der Waals surface area contributed by atoms with E-state index >= 15 is 0 Å². The maximum Gasteiger partial charge on any atom is 0.253 e. The number of hydrogen-bond donors (Lipinski definition) is 6. The van der Waals surface area contributed by atoms with Crippen LogP contribution >= 0.6 is 0 Å². The lowest BCUT2D eigenvalue weighted by Gasteiger charge is -2.34. The van der Waals surface area contributed by atoms with Gasteiger partial charge in [-0.05, 0) is 49.9 Å². The van der Waals surface area contributed by atoms with Crippen LogP contribution in [0.1, 0.15) is 37.8 Å². The Bertz CT molecular complexity index is 762. The average Bonchev–Trinajstić information content (AvgIpc) is 2.77. The van der Waals surface area contributed by atoms with E-state index in [4.69, 9.17) is 14.2 Å². The summed E-state index contributed by atoms with van der Waals surface area (Å²) in [4.78, 5) is 12.4. The molecule has 2 rings (SSSR count). The molecule has 5 atom stereocenters. The van der Waals surface area contributed by atoms with Crippen LogP contribution in [0.5, 0.6) is 5.75 Å². The second kappa shape index (κ2) is 12.1. The molecule has 1 saturated heterocycles. The standard InChI is InChI=1S/C23H37NO9/c1-13-9-15(10-14(2)17(13)24-21(30)20(29)23(3,4)12-25)31-7-5-6-8-32-22-19(28)18(27)16(26)11-33-22/h9-10,16,18-20,22,25-29H,5-8,11-12H2,1-4H3,(H,24,30). The number of carbonyl (C=O) groups excluding carboxylic acids is 1. The monoisotopic (exact) mass is 471 g/mol. The molecular formula is C23H37NO9. The molecule has 10 heteroatoms. The van der Waals surface area contributed by atoms with Crippen LogP contribution in [0, 0.1) is 19.3 Å². The summed E-state index contributed by atoms with van der Waals surface area (Å²) < 4.78 is 16.4. The summed E-state index contributed by atoms with van der Waals surface area (Å²) in [5, 5.41) is 51.2. The third-order valence-electron chi connectivity index (χ3n) is 5.69. The molecule has 1 aliphatic heterocycles. The normalized spacial score (nSPS) is 24.4. The second-order valence-corrected chi connectivity index (χ2v) is 9.15. The Hall–Kier alpha value is -1.79. The zero-order valence-corrected chi connectivity index (χ0v) is 19.7. The number of carbonyl (C=O) groups is 1. The topological polar surface area (TPSA) is 158 Å². The van der Waals surface area contributed by atoms with Gasteiger partial charge in [0.05, 0.1) is 19.8 Å². The summed E-state index contributed by atoms with van der Waals surface area (Å²) in [5.41, 5.74) is 1.19. The van der Waals surface area contributed by atoms with Crippen molar-refractivity contribution in [2.75, 3.05) is 31.7 Å². The van der Waals surface area contributed by atoms with Crippen LogP contribution in [0.25, 0.3) is 0 Å². The maximum atomic E-state index is 12.4. The molecule has 1 fully saturated rings. The highest BCUT2D eigenvalue weighted by Crippen LogP contribution is 2.28. The smallest absolute Gasteiger partial charge is 0.253 e. The first-order valence-corrected chi connectivity index (χ1v) is 11.1. The van der Waals surface area contributed by atoms with Gasteiger partial charge in [0, 0.05) is 17.7 Å². The van der Waals surface area contributed by atoms with Gasteiger partial charge < -0.3 is 45.1 Å². The van der Waals surface area contributed by atoms with Crippen molar-refractivity contribution in [3.63, 3.8) is 0 Å². The number of aryl methyl sites for hydroxylation is 2. The molecule has 5 unspecified atom stereocenters. The van der Waals surface area contributed by atoms with E-state index in [2.05, 4.69) is 5.32 Å². The summed E-state index contributed by atoms with van der Waals surface area (Å²) in [7, 11) is 0. The Kier molecular flexibility index (Phi) is 10.0. The first-order valence-electron chi connectivity index (χ1n) is 11.1. The molecule has 33 heavy (non-hydrogen) atoms. The van der Waals surface area contributed by atoms with Crippen molar-refractivity contribution in [2.24, 2.45) is 5.41 Å². The number of anilines is 1. The molecule has 1 aromatic carbocycles. The second-order valence-electron chi connectivity index (χ2n) is 9.15. The number of nitrogens with one attached hydrogen (secondary N) is 1. The van der Waals surface area contributed by atoms with Crippen LogP contribution in [-0.4, -0.2) is 88.6 Å². The molecule has 1 heterocycles. The van der Waals surface area contributed by atoms with Crippen LogP contribution in [0.2, 0.25) is 0 Å². The Morgan fingerprint density at radius 2 is 1.76 bits per heavy atom. The van der Waals surface area contributed by atoms with Crippen LogP contribution in [0.3, 0.4) is 0 Å². The first-order chi connectivity index (χ1) is 15.5. The van der Waals surface area contributed by atoms with Crippen molar-refractivity contribution in [2.45, 2.75) is 71.2 Å². The van der Waals surface area contributed by atoms with E-state index in [-0.39, 0.29) is 13.2 Å². The summed E-state index contributed by atoms with van der Waals surface area (Å²) in [6.07, 6.45) is -4.74. The van der Waals surface area contributed by atoms with E-state index in [1.54, 1.807) is 26.0 Å². The minimum Gasteiger partial charge on any atom is -0.494 e. The molecule has 0 saturated carbocycles. The van der Waals surface area contributed by atoms with E-state index < -0.39 is 42.0 Å². The van der Waals surface area contributed by atoms with E-state index in [1.807, 2.05) is 13.8 Å². The molecule has 188 valence electrons. The summed E-state index contributed by atoms with van der Waals surface area (Å²) in [5.74, 6) is 0.0614. The predicted molar refractivity (Wildman–Crippen MR) is 120 cm³/mol. The number of rotatable bonds is 11. The summed E-state index contributed by atoms with van der Waals surface area (Å²) >= 11 is 0. The van der Waals surface area contributed by atoms with Crippen molar-refractivity contribution >= 4 is 11.6 Å². The average molecular weight is 472 g/mol. The van der Waals surface area contributed by atoms with Gasteiger partial charge >= 0.3 is 0 Å². The molecule has 0 aliphatic carbocycles. The van der Waals surface area contributed by atoms with Crippen molar-refractivity contribution in [3.05, 3.63) is 23.3 Å². The van der Waals surface area contributed by atoms with Gasteiger partial charge in [-0.25, -0.2) is 0 Å². The van der Waals surface area contributed by atoms with Gasteiger partial charge in [-0.15, -0.1) is 0 Å². The molecule has 1 aromatic rings. The van der Waals surface area contributed by atoms with Gasteiger partial charge in [0.2, 0.25) is 0 Å². The molecule has 6 N–H and O–H groups in total. The minimum atomic E-state index is -1.35. The van der Waals surface area contributed by atoms with Crippen molar-refractivity contribution in [1.29, 1.82) is 0 Å². The van der Waals surface area contributed by atoms with Crippen molar-refractivity contribution < 1.29 is 44.5 Å². The molecule has 1 aliphatic rings. The van der Waals surface area contributed by atoms with Gasteiger partial charge in [0.25, 0.3) is 5.91 Å². The van der Waals surface area contributed by atoms with Gasteiger partial charge in [-0.2, -0.15) is 0 Å². The van der Waals surface area contributed by atoms with E-state index in [9.17, 15) is 30.3 Å². The molecule has 1 amide bonds. The number of benzene rings is 1. The van der Waals surface area contributed by atoms with E-state index in [1.165, 1.54) is 0 Å². The fourth-order valence-electron chi connectivity index (χ4n) is 3.36. The Morgan fingerprint density at radius 3 is 2.36 bits per heavy atom. The van der Waals surface area contributed by atoms with E-state index in [0.717, 1.165) is 11.1 Å². The predicted octanol–water partition coefficient (Wildman–Crippen LogP) is 0.236. The van der Waals surface area contributed by atoms with Crippen LogP contribution in [0.15, 0.2) is 12.1 Å². The van der Waals surface area contributed by atoms with Gasteiger partial charge in [0.1, 0.15) is 30.2 Å². The summed E-state index contributed by atoms with van der Waals surface area (Å²) in [6.45, 7) is 7.17. The third-order valence-corrected chi connectivity index (χ3v) is 5.69. The number of ether oxygens (including phenoxy) is 3. The fraction of sp³-hybridized carbons (Fsp3) is 0.696. The first kappa shape index (κ1) is 27.5. The molecule has 0 bridgehead atoms. The largest absolute Gasteiger partial charge is 0.494 e. The lowest BCUT2D eigenvalue weighted by molar-refractivity contribution is -0.270. The van der Waals surface area contributed by atoms with Gasteiger partial charge in [-0.3, -0.25) is 4.79 Å². The SMILES string of the molecule is Cc1cc(OCCCCOC2OCC(O)C(O)C2O)cc(C)c1NC(=O)C(O)C(C)(C)CO. The number of aliphatic hydroxyl groups excluding tert-OH is 5. The zero-order chi connectivity index (χ0) is 24.8. The highest BCUT2D eigenvalue weighted by molar-refractivity contribution is 5.96. The Balaban J connectivity index is 1.78. The summed E-state index contributed by atoms with van der Waals surface area (Å²) in [6, 6.07) is 3.59. The number of aliphatic hydroxyl groups is 5. The minimum absolute atomic E-state index is 0.0979. The Labute approximate surface area is 194 Å². The van der Waals surface area contributed by atoms with Gasteiger partial charge in [0.15, 0.2) is 6.29 Å². The zero-order valence-electron chi connectivity index (χ0n) is 19.7. The molecule has 0 spiro atoms. The van der Waals surface area contributed by atoms with E-state index in [0.29, 0.717) is 37.5 Å². The molecule has 0 aromatic heterocycles. The Morgan fingerprint density at radius 1 is 1.15 bits per heavy atom. The van der Waals surface area contributed by atoms with Gasteiger partial charge in [-0.1, -0.05) is 13.8 Å². The van der Waals surface area contributed by atoms with Crippen LogP contribution in [0.4, 0.5) is 5.69 Å². The lowest BCUT2D eigenvalue weighted by atomic mass is 9.87. The van der Waals surface area contributed by atoms with Crippen molar-refractivity contribution in [3.8, 4) is 5.75 Å². The number of hydrogen-bond acceptors (Lipinski definition) is 9. The maximum absolute atomic E-state index is 12.4. The fourth-order valence-corrected chi connectivity index (χ4v) is 3.36. The molecule has 10 nitrogen and oxygen atoms in total. The quantitative estimate of drug-likeness (QED) is 0.249. The molecule has 0 radical (unpaired) electrons. The highest BCUT2D eigenvalue weighted by atomic mass is 16.7. The third kappa shape index (κ3) is 7.35. The van der Waals surface area contributed by atoms with Crippen molar-refractivity contribution in [1.82, 2.24) is 0 Å². The lowest BCUT2D eigenvalue weighted by Crippen LogP contribution is -2.53.